The molecule has 0 saturated carbocycles. The van der Waals surface area contributed by atoms with Crippen molar-refractivity contribution in [3.8, 4) is 0 Å². The molecule has 5 nitrogen and oxygen atoms in total. The number of nitrogens with zero attached hydrogens (tertiary/aromatic N) is 1. The molecule has 0 bridgehead atoms. The monoisotopic (exact) mass is 324 g/mol. The average molecular weight is 324 g/mol. The molecule has 1 aliphatic heterocycles. The Hall–Kier alpha value is -1.19. The molecule has 1 fully saturated rings. The van der Waals surface area contributed by atoms with Crippen molar-refractivity contribution < 1.29 is 30.9 Å². The van der Waals surface area contributed by atoms with Gasteiger partial charge in [0, 0.05) is 18.6 Å². The van der Waals surface area contributed by atoms with E-state index in [1.165, 1.54) is 6.07 Å². The summed E-state index contributed by atoms with van der Waals surface area (Å²) < 4.78 is 75.0. The van der Waals surface area contributed by atoms with E-state index in [9.17, 15) is 26.1 Å². The SMILES string of the molecule is O=S(=O)([O-])CC1CCOC(c2ccc(C(F)(F)F)nc2)C1. The first kappa shape index (κ1) is 16.2. The molecule has 9 heteroatoms. The summed E-state index contributed by atoms with van der Waals surface area (Å²) in [6, 6.07) is 2.11. The lowest BCUT2D eigenvalue weighted by Crippen LogP contribution is -2.25. The largest absolute Gasteiger partial charge is 0.748 e. The van der Waals surface area contributed by atoms with Crippen LogP contribution >= 0.6 is 0 Å². The van der Waals surface area contributed by atoms with E-state index in [-0.39, 0.29) is 18.9 Å². The highest BCUT2D eigenvalue weighted by atomic mass is 32.2. The van der Waals surface area contributed by atoms with Crippen LogP contribution in [0.3, 0.4) is 0 Å². The second-order valence-electron chi connectivity index (χ2n) is 4.95. The fourth-order valence-electron chi connectivity index (χ4n) is 2.30. The minimum absolute atomic E-state index is 0.256. The summed E-state index contributed by atoms with van der Waals surface area (Å²) in [5.74, 6) is -0.838. The minimum atomic E-state index is -4.51. The Morgan fingerprint density at radius 3 is 2.62 bits per heavy atom. The van der Waals surface area contributed by atoms with Crippen LogP contribution in [0.15, 0.2) is 18.3 Å². The highest BCUT2D eigenvalue weighted by molar-refractivity contribution is 7.85. The van der Waals surface area contributed by atoms with Crippen molar-refractivity contribution >= 4 is 10.1 Å². The fraction of sp³-hybridized carbons (Fsp3) is 0.583. The average Bonchev–Trinajstić information content (AvgIpc) is 2.36. The third kappa shape index (κ3) is 4.65. The summed E-state index contributed by atoms with van der Waals surface area (Å²) in [7, 11) is -4.33. The maximum atomic E-state index is 12.4. The van der Waals surface area contributed by atoms with Gasteiger partial charge in [0.25, 0.3) is 0 Å². The van der Waals surface area contributed by atoms with Crippen LogP contribution in [-0.4, -0.2) is 30.3 Å². The number of ether oxygens (including phenoxy) is 1. The van der Waals surface area contributed by atoms with E-state index in [0.29, 0.717) is 12.0 Å². The molecule has 1 aromatic heterocycles. The molecule has 118 valence electrons. The van der Waals surface area contributed by atoms with Crippen molar-refractivity contribution in [1.82, 2.24) is 4.98 Å². The number of pyridine rings is 1. The molecule has 21 heavy (non-hydrogen) atoms. The molecule has 0 N–H and O–H groups in total. The Morgan fingerprint density at radius 1 is 1.38 bits per heavy atom. The summed E-state index contributed by atoms with van der Waals surface area (Å²) in [5.41, 5.74) is -0.559. The first-order valence-electron chi connectivity index (χ1n) is 6.23. The van der Waals surface area contributed by atoms with Gasteiger partial charge in [-0.25, -0.2) is 8.42 Å². The molecule has 2 heterocycles. The van der Waals surface area contributed by atoms with E-state index in [1.54, 1.807) is 0 Å². The Balaban J connectivity index is 2.08. The molecule has 0 aliphatic carbocycles. The molecule has 0 amide bonds. The number of hydrogen-bond acceptors (Lipinski definition) is 5. The zero-order chi connectivity index (χ0) is 15.7. The molecule has 1 saturated heterocycles. The van der Waals surface area contributed by atoms with Crippen molar-refractivity contribution in [2.75, 3.05) is 12.4 Å². The first-order valence-corrected chi connectivity index (χ1v) is 7.81. The molecule has 0 spiro atoms. The van der Waals surface area contributed by atoms with Crippen LogP contribution in [0.25, 0.3) is 0 Å². The standard InChI is InChI=1S/C12H14F3NO4S/c13-12(14,15)11-2-1-9(6-16-11)10-5-8(3-4-20-10)7-21(17,18)19/h1-2,6,8,10H,3-5,7H2,(H,17,18,19)/p-1. The molecular weight excluding hydrogens is 311 g/mol. The van der Waals surface area contributed by atoms with Gasteiger partial charge in [0.2, 0.25) is 0 Å². The highest BCUT2D eigenvalue weighted by Crippen LogP contribution is 2.33. The van der Waals surface area contributed by atoms with Crippen molar-refractivity contribution in [2.24, 2.45) is 5.92 Å². The van der Waals surface area contributed by atoms with Crippen LogP contribution < -0.4 is 0 Å². The maximum Gasteiger partial charge on any atom is 0.433 e. The van der Waals surface area contributed by atoms with Gasteiger partial charge < -0.3 is 9.29 Å². The van der Waals surface area contributed by atoms with E-state index < -0.39 is 33.8 Å². The van der Waals surface area contributed by atoms with Crippen molar-refractivity contribution in [1.29, 1.82) is 0 Å². The van der Waals surface area contributed by atoms with E-state index in [0.717, 1.165) is 12.3 Å². The number of halogens is 3. The quantitative estimate of drug-likeness (QED) is 0.796. The predicted octanol–water partition coefficient (Wildman–Crippen LogP) is 2.11. The van der Waals surface area contributed by atoms with E-state index in [1.807, 2.05) is 0 Å². The van der Waals surface area contributed by atoms with Gasteiger partial charge in [0.05, 0.1) is 16.2 Å². The molecule has 2 atom stereocenters. The summed E-state index contributed by atoms with van der Waals surface area (Å²) in [6.07, 6.45) is -3.27. The van der Waals surface area contributed by atoms with Gasteiger partial charge in [-0.2, -0.15) is 13.2 Å². The zero-order valence-corrected chi connectivity index (χ0v) is 11.7. The molecular formula is C12H13F3NO4S-. The topological polar surface area (TPSA) is 79.3 Å². The summed E-state index contributed by atoms with van der Waals surface area (Å²) in [4.78, 5) is 3.34. The Bertz CT molecular complexity index is 586. The van der Waals surface area contributed by atoms with Crippen molar-refractivity contribution in [2.45, 2.75) is 25.1 Å². The van der Waals surface area contributed by atoms with Gasteiger partial charge in [0.15, 0.2) is 0 Å². The molecule has 2 unspecified atom stereocenters. The predicted molar refractivity (Wildman–Crippen MR) is 65.2 cm³/mol. The number of aromatic nitrogens is 1. The van der Waals surface area contributed by atoms with Crippen molar-refractivity contribution in [3.63, 3.8) is 0 Å². The van der Waals surface area contributed by atoms with Gasteiger partial charge in [-0.3, -0.25) is 4.98 Å². The smallest absolute Gasteiger partial charge is 0.433 e. The van der Waals surface area contributed by atoms with Crippen LogP contribution in [0.5, 0.6) is 0 Å². The van der Waals surface area contributed by atoms with Crippen LogP contribution in [0, 0.1) is 5.92 Å². The first-order chi connectivity index (χ1) is 9.65. The summed E-state index contributed by atoms with van der Waals surface area (Å²) in [6.45, 7) is 0.256. The molecule has 0 aromatic carbocycles. The van der Waals surface area contributed by atoms with E-state index in [4.69, 9.17) is 4.74 Å². The minimum Gasteiger partial charge on any atom is -0.748 e. The van der Waals surface area contributed by atoms with Gasteiger partial charge in [-0.15, -0.1) is 0 Å². The van der Waals surface area contributed by atoms with Gasteiger partial charge in [0.1, 0.15) is 5.69 Å². The van der Waals surface area contributed by atoms with Crippen LogP contribution in [0.1, 0.15) is 30.2 Å². The maximum absolute atomic E-state index is 12.4. The second-order valence-corrected chi connectivity index (χ2v) is 6.40. The lowest BCUT2D eigenvalue weighted by molar-refractivity contribution is -0.141. The summed E-state index contributed by atoms with van der Waals surface area (Å²) >= 11 is 0. The van der Waals surface area contributed by atoms with Gasteiger partial charge >= 0.3 is 6.18 Å². The number of hydrogen-bond donors (Lipinski definition) is 0. The lowest BCUT2D eigenvalue weighted by Gasteiger charge is -2.30. The van der Waals surface area contributed by atoms with Gasteiger partial charge in [-0.1, -0.05) is 6.07 Å². The molecule has 2 rings (SSSR count). The van der Waals surface area contributed by atoms with Crippen molar-refractivity contribution in [3.05, 3.63) is 29.6 Å². The lowest BCUT2D eigenvalue weighted by atomic mass is 9.94. The zero-order valence-electron chi connectivity index (χ0n) is 10.8. The highest BCUT2D eigenvalue weighted by Gasteiger charge is 2.33. The Kier molecular flexibility index (Phi) is 4.54. The summed E-state index contributed by atoms with van der Waals surface area (Å²) in [5, 5.41) is 0. The van der Waals surface area contributed by atoms with Crippen LogP contribution in [-0.2, 0) is 21.0 Å². The third-order valence-corrected chi connectivity index (χ3v) is 4.16. The fourth-order valence-corrected chi connectivity index (χ4v) is 3.18. The number of rotatable bonds is 3. The van der Waals surface area contributed by atoms with Gasteiger partial charge in [-0.05, 0) is 30.4 Å². The van der Waals surface area contributed by atoms with Crippen LogP contribution in [0.4, 0.5) is 13.2 Å². The third-order valence-electron chi connectivity index (χ3n) is 3.28. The number of alkyl halides is 3. The molecule has 1 aromatic rings. The normalized spacial score (nSPS) is 24.0. The molecule has 0 radical (unpaired) electrons. The molecule has 1 aliphatic rings. The Labute approximate surface area is 119 Å². The van der Waals surface area contributed by atoms with E-state index >= 15 is 0 Å². The van der Waals surface area contributed by atoms with Crippen LogP contribution in [0.2, 0.25) is 0 Å². The second kappa shape index (κ2) is 5.90. The Morgan fingerprint density at radius 2 is 2.10 bits per heavy atom. The van der Waals surface area contributed by atoms with E-state index in [2.05, 4.69) is 4.98 Å².